The predicted molar refractivity (Wildman–Crippen MR) is 82.7 cm³/mol. The molecule has 6 heteroatoms. The zero-order valence-electron chi connectivity index (χ0n) is 10.5. The lowest BCUT2D eigenvalue weighted by molar-refractivity contribution is 0.318. The van der Waals surface area contributed by atoms with Crippen LogP contribution >= 0.6 is 23.2 Å². The van der Waals surface area contributed by atoms with Crippen LogP contribution in [0.2, 0.25) is 10.0 Å². The maximum atomic E-state index is 8.78. The summed E-state index contributed by atoms with van der Waals surface area (Å²) in [6.07, 6.45) is 0. The second-order valence-corrected chi connectivity index (χ2v) is 4.96. The molecule has 0 amide bonds. The number of hydrogen-bond acceptors (Lipinski definition) is 3. The fraction of sp³-hybridized carbons (Fsp3) is 0.0714. The topological polar surface area (TPSA) is 70.6 Å². The first-order chi connectivity index (χ1) is 9.61. The van der Waals surface area contributed by atoms with Crippen molar-refractivity contribution >= 4 is 34.7 Å². The van der Waals surface area contributed by atoms with Gasteiger partial charge >= 0.3 is 0 Å². The lowest BCUT2D eigenvalue weighted by Crippen LogP contribution is -2.16. The largest absolute Gasteiger partial charge is 0.409 e. The average molecular weight is 310 g/mol. The van der Waals surface area contributed by atoms with Gasteiger partial charge in [-0.05, 0) is 23.8 Å². The number of benzene rings is 2. The first-order valence-corrected chi connectivity index (χ1v) is 6.62. The molecule has 2 aromatic rings. The van der Waals surface area contributed by atoms with Crippen LogP contribution in [0.1, 0.15) is 11.1 Å². The summed E-state index contributed by atoms with van der Waals surface area (Å²) < 4.78 is 0. The highest BCUT2D eigenvalue weighted by atomic mass is 35.5. The summed E-state index contributed by atoms with van der Waals surface area (Å²) in [5.41, 5.74) is 7.93. The smallest absolute Gasteiger partial charge is 0.170 e. The molecule has 4 N–H and O–H groups in total. The maximum absolute atomic E-state index is 8.78. The number of anilines is 1. The van der Waals surface area contributed by atoms with Crippen molar-refractivity contribution in [2.24, 2.45) is 10.9 Å². The molecule has 0 saturated carbocycles. The van der Waals surface area contributed by atoms with Crippen molar-refractivity contribution in [1.82, 2.24) is 0 Å². The Labute approximate surface area is 126 Å². The van der Waals surface area contributed by atoms with Gasteiger partial charge in [0.15, 0.2) is 5.84 Å². The Bertz CT molecular complexity index is 644. The van der Waals surface area contributed by atoms with Gasteiger partial charge in [-0.3, -0.25) is 0 Å². The Morgan fingerprint density at radius 1 is 1.20 bits per heavy atom. The van der Waals surface area contributed by atoms with E-state index in [0.717, 1.165) is 11.3 Å². The van der Waals surface area contributed by atoms with Gasteiger partial charge in [0.25, 0.3) is 0 Å². The Morgan fingerprint density at radius 2 is 1.95 bits per heavy atom. The fourth-order valence-corrected chi connectivity index (χ4v) is 2.16. The molecule has 0 unspecified atom stereocenters. The predicted octanol–water partition coefficient (Wildman–Crippen LogP) is 3.70. The molecular weight excluding hydrogens is 297 g/mol. The summed E-state index contributed by atoms with van der Waals surface area (Å²) in [7, 11) is 0. The Morgan fingerprint density at radius 3 is 2.70 bits per heavy atom. The molecule has 0 saturated heterocycles. The molecule has 4 nitrogen and oxygen atoms in total. The highest BCUT2D eigenvalue weighted by Crippen LogP contribution is 2.26. The molecule has 0 aliphatic heterocycles. The highest BCUT2D eigenvalue weighted by molar-refractivity contribution is 6.35. The van der Waals surface area contributed by atoms with Crippen molar-refractivity contribution in [3.8, 4) is 0 Å². The molecule has 0 aromatic heterocycles. The van der Waals surface area contributed by atoms with E-state index >= 15 is 0 Å². The van der Waals surface area contributed by atoms with Crippen LogP contribution in [0.3, 0.4) is 0 Å². The lowest BCUT2D eigenvalue weighted by atomic mass is 10.1. The monoisotopic (exact) mass is 309 g/mol. The molecule has 2 rings (SSSR count). The number of amidine groups is 1. The molecule has 0 aliphatic carbocycles. The first-order valence-electron chi connectivity index (χ1n) is 5.86. The van der Waals surface area contributed by atoms with E-state index in [-0.39, 0.29) is 5.84 Å². The van der Waals surface area contributed by atoms with E-state index in [2.05, 4.69) is 10.5 Å². The van der Waals surface area contributed by atoms with Gasteiger partial charge in [0.2, 0.25) is 0 Å². The number of nitrogens with one attached hydrogen (secondary N) is 1. The normalized spacial score (nSPS) is 11.4. The van der Waals surface area contributed by atoms with E-state index in [1.165, 1.54) is 0 Å². The second kappa shape index (κ2) is 6.50. The van der Waals surface area contributed by atoms with E-state index in [1.54, 1.807) is 24.3 Å². The van der Waals surface area contributed by atoms with Gasteiger partial charge < -0.3 is 16.3 Å². The van der Waals surface area contributed by atoms with Crippen LogP contribution in [0.5, 0.6) is 0 Å². The number of rotatable bonds is 4. The number of oxime groups is 1. The van der Waals surface area contributed by atoms with Crippen molar-refractivity contribution in [1.29, 1.82) is 0 Å². The molecule has 2 aromatic carbocycles. The van der Waals surface area contributed by atoms with Crippen molar-refractivity contribution in [2.75, 3.05) is 5.32 Å². The van der Waals surface area contributed by atoms with Gasteiger partial charge in [-0.15, -0.1) is 0 Å². The number of nitrogens with two attached hydrogens (primary N) is 1. The average Bonchev–Trinajstić information content (AvgIpc) is 2.47. The zero-order chi connectivity index (χ0) is 14.5. The Hall–Kier alpha value is -1.91. The zero-order valence-corrected chi connectivity index (χ0v) is 12.0. The van der Waals surface area contributed by atoms with Gasteiger partial charge in [0.05, 0.1) is 10.7 Å². The van der Waals surface area contributed by atoms with Crippen molar-refractivity contribution in [3.63, 3.8) is 0 Å². The van der Waals surface area contributed by atoms with Crippen LogP contribution < -0.4 is 11.1 Å². The minimum absolute atomic E-state index is 0.0691. The minimum atomic E-state index is 0.0691. The Kier molecular flexibility index (Phi) is 4.71. The minimum Gasteiger partial charge on any atom is -0.409 e. The molecule has 0 atom stereocenters. The molecule has 104 valence electrons. The van der Waals surface area contributed by atoms with Crippen LogP contribution in [0.4, 0.5) is 5.69 Å². The number of nitrogens with zero attached hydrogens (tertiary/aromatic N) is 1. The quantitative estimate of drug-likeness (QED) is 0.349. The van der Waals surface area contributed by atoms with E-state index in [9.17, 15) is 0 Å². The van der Waals surface area contributed by atoms with Crippen LogP contribution in [0, 0.1) is 0 Å². The third-order valence-corrected chi connectivity index (χ3v) is 3.36. The number of hydrogen-bond donors (Lipinski definition) is 3. The summed E-state index contributed by atoms with van der Waals surface area (Å²) in [4.78, 5) is 0. The van der Waals surface area contributed by atoms with E-state index in [1.807, 2.05) is 18.2 Å². The summed E-state index contributed by atoms with van der Waals surface area (Å²) >= 11 is 12.0. The van der Waals surface area contributed by atoms with Crippen LogP contribution in [-0.4, -0.2) is 11.0 Å². The molecule has 0 radical (unpaired) electrons. The van der Waals surface area contributed by atoms with Crippen LogP contribution in [0.15, 0.2) is 47.6 Å². The third kappa shape index (κ3) is 3.35. The molecular formula is C14H13Cl2N3O. The SMILES string of the molecule is NC(=NO)c1ccccc1CNc1cc(Cl)ccc1Cl. The van der Waals surface area contributed by atoms with Crippen LogP contribution in [0.25, 0.3) is 0 Å². The van der Waals surface area contributed by atoms with E-state index in [0.29, 0.717) is 22.2 Å². The van der Waals surface area contributed by atoms with Gasteiger partial charge in [-0.25, -0.2) is 0 Å². The maximum Gasteiger partial charge on any atom is 0.170 e. The molecule has 0 aliphatic rings. The van der Waals surface area contributed by atoms with Crippen molar-refractivity contribution in [3.05, 3.63) is 63.6 Å². The van der Waals surface area contributed by atoms with Gasteiger partial charge in [0, 0.05) is 17.1 Å². The molecule has 0 bridgehead atoms. The first kappa shape index (κ1) is 14.5. The molecule has 0 fully saturated rings. The van der Waals surface area contributed by atoms with Crippen LogP contribution in [-0.2, 0) is 6.54 Å². The van der Waals surface area contributed by atoms with Gasteiger partial charge in [0.1, 0.15) is 0 Å². The molecule has 0 heterocycles. The van der Waals surface area contributed by atoms with E-state index in [4.69, 9.17) is 34.1 Å². The standard InChI is InChI=1S/C14H13Cl2N3O/c15-10-5-6-12(16)13(7-10)18-8-9-3-1-2-4-11(9)14(17)19-20/h1-7,18,20H,8H2,(H2,17,19). The van der Waals surface area contributed by atoms with E-state index < -0.39 is 0 Å². The summed E-state index contributed by atoms with van der Waals surface area (Å²) in [5, 5.41) is 16.2. The van der Waals surface area contributed by atoms with Gasteiger partial charge in [-0.1, -0.05) is 52.6 Å². The van der Waals surface area contributed by atoms with Crippen molar-refractivity contribution in [2.45, 2.75) is 6.54 Å². The fourth-order valence-electron chi connectivity index (χ4n) is 1.80. The third-order valence-electron chi connectivity index (χ3n) is 2.80. The number of halogens is 2. The highest BCUT2D eigenvalue weighted by Gasteiger charge is 2.07. The van der Waals surface area contributed by atoms with Crippen molar-refractivity contribution < 1.29 is 5.21 Å². The summed E-state index contributed by atoms with van der Waals surface area (Å²) in [6.45, 7) is 0.479. The molecule has 0 spiro atoms. The summed E-state index contributed by atoms with van der Waals surface area (Å²) in [5.74, 6) is 0.0691. The van der Waals surface area contributed by atoms with Gasteiger partial charge in [-0.2, -0.15) is 0 Å². The Balaban J connectivity index is 2.21. The second-order valence-electron chi connectivity index (χ2n) is 4.12. The summed E-state index contributed by atoms with van der Waals surface area (Å²) in [6, 6.07) is 12.6. The molecule has 20 heavy (non-hydrogen) atoms. The lowest BCUT2D eigenvalue weighted by Gasteiger charge is -2.12.